The van der Waals surface area contributed by atoms with Crippen LogP contribution in [0.15, 0.2) is 12.2 Å². The van der Waals surface area contributed by atoms with Gasteiger partial charge in [0.15, 0.2) is 6.10 Å². The van der Waals surface area contributed by atoms with Gasteiger partial charge in [-0.3, -0.25) is 14.4 Å². The van der Waals surface area contributed by atoms with Crippen molar-refractivity contribution in [2.24, 2.45) is 0 Å². The summed E-state index contributed by atoms with van der Waals surface area (Å²) in [4.78, 5) is 37.7. The molecule has 0 saturated heterocycles. The van der Waals surface area contributed by atoms with Crippen molar-refractivity contribution in [1.29, 1.82) is 0 Å². The van der Waals surface area contributed by atoms with E-state index in [9.17, 15) is 14.4 Å². The lowest BCUT2D eigenvalue weighted by Gasteiger charge is -2.18. The van der Waals surface area contributed by atoms with Crippen LogP contribution >= 0.6 is 0 Å². The summed E-state index contributed by atoms with van der Waals surface area (Å²) in [6.07, 6.45) is 47.6. The van der Waals surface area contributed by atoms with Crippen LogP contribution in [0.25, 0.3) is 0 Å². The maximum atomic E-state index is 12.7. The SMILES string of the molecule is CCCC/C=C\CCCCCCCC(=O)O[C@H](COC(=O)CCCCCCCCCCCC)COC(=O)CCCCCCCCCCCCCCCCCC. The van der Waals surface area contributed by atoms with Crippen LogP contribution in [0.5, 0.6) is 0 Å². The van der Waals surface area contributed by atoms with Crippen molar-refractivity contribution in [3.63, 3.8) is 0 Å². The number of esters is 3. The number of hydrogen-bond donors (Lipinski definition) is 0. The van der Waals surface area contributed by atoms with Crippen molar-refractivity contribution < 1.29 is 28.6 Å². The summed E-state index contributed by atoms with van der Waals surface area (Å²) < 4.78 is 16.7. The van der Waals surface area contributed by atoms with Crippen molar-refractivity contribution in [3.8, 4) is 0 Å². The highest BCUT2D eigenvalue weighted by Gasteiger charge is 2.19. The summed E-state index contributed by atoms with van der Waals surface area (Å²) in [5.41, 5.74) is 0. The zero-order valence-corrected chi connectivity index (χ0v) is 37.0. The van der Waals surface area contributed by atoms with Gasteiger partial charge in [-0.1, -0.05) is 219 Å². The van der Waals surface area contributed by atoms with E-state index in [1.165, 1.54) is 161 Å². The topological polar surface area (TPSA) is 78.9 Å². The molecular weight excluding hydrogens is 685 g/mol. The summed E-state index contributed by atoms with van der Waals surface area (Å²) >= 11 is 0. The van der Waals surface area contributed by atoms with Gasteiger partial charge in [0, 0.05) is 19.3 Å². The molecule has 6 heteroatoms. The lowest BCUT2D eigenvalue weighted by molar-refractivity contribution is -0.167. The Hall–Kier alpha value is -1.85. The Kier molecular flexibility index (Phi) is 43.4. The standard InChI is InChI=1S/C49H92O6/c1-4-7-10-13-16-19-22-23-24-25-26-28-30-33-36-39-42-48(51)54-45-46(44-53-47(50)41-38-35-32-29-21-18-15-12-9-6-3)55-49(52)43-40-37-34-31-27-20-17-14-11-8-5-2/h14,17,46H,4-13,15-16,18-45H2,1-3H3/b17-14-/t46-/m1/s1. The highest BCUT2D eigenvalue weighted by Crippen LogP contribution is 2.16. The second kappa shape index (κ2) is 44.9. The number of rotatable bonds is 44. The van der Waals surface area contributed by atoms with Gasteiger partial charge >= 0.3 is 17.9 Å². The van der Waals surface area contributed by atoms with Gasteiger partial charge < -0.3 is 14.2 Å². The van der Waals surface area contributed by atoms with E-state index in [0.29, 0.717) is 19.3 Å². The average molecular weight is 777 g/mol. The zero-order valence-electron chi connectivity index (χ0n) is 37.0. The third-order valence-electron chi connectivity index (χ3n) is 10.8. The second-order valence-electron chi connectivity index (χ2n) is 16.4. The molecule has 0 aromatic heterocycles. The second-order valence-corrected chi connectivity index (χ2v) is 16.4. The number of allylic oxidation sites excluding steroid dienone is 2. The molecule has 1 atom stereocenters. The van der Waals surface area contributed by atoms with Crippen LogP contribution in [0.3, 0.4) is 0 Å². The van der Waals surface area contributed by atoms with E-state index in [-0.39, 0.29) is 31.1 Å². The van der Waals surface area contributed by atoms with Gasteiger partial charge in [0.25, 0.3) is 0 Å². The molecule has 0 aliphatic carbocycles. The van der Waals surface area contributed by atoms with Crippen LogP contribution in [0.4, 0.5) is 0 Å². The van der Waals surface area contributed by atoms with Crippen molar-refractivity contribution in [2.45, 2.75) is 271 Å². The zero-order chi connectivity index (χ0) is 40.1. The lowest BCUT2D eigenvalue weighted by atomic mass is 10.0. The number of hydrogen-bond acceptors (Lipinski definition) is 6. The average Bonchev–Trinajstić information content (AvgIpc) is 3.18. The molecule has 0 saturated carbocycles. The van der Waals surface area contributed by atoms with Gasteiger partial charge in [-0.15, -0.1) is 0 Å². The van der Waals surface area contributed by atoms with Crippen molar-refractivity contribution in [1.82, 2.24) is 0 Å². The summed E-state index contributed by atoms with van der Waals surface area (Å²) in [7, 11) is 0. The fourth-order valence-electron chi connectivity index (χ4n) is 7.07. The van der Waals surface area contributed by atoms with Gasteiger partial charge in [0.1, 0.15) is 13.2 Å². The molecule has 0 unspecified atom stereocenters. The van der Waals surface area contributed by atoms with E-state index >= 15 is 0 Å². The molecule has 0 heterocycles. The molecule has 0 N–H and O–H groups in total. The molecule has 0 amide bonds. The molecule has 0 rings (SSSR count). The van der Waals surface area contributed by atoms with Crippen LogP contribution in [-0.4, -0.2) is 37.2 Å². The molecule has 0 fully saturated rings. The normalized spacial score (nSPS) is 12.0. The minimum Gasteiger partial charge on any atom is -0.462 e. The van der Waals surface area contributed by atoms with Gasteiger partial charge in [0.2, 0.25) is 0 Å². The van der Waals surface area contributed by atoms with Crippen LogP contribution in [0.1, 0.15) is 265 Å². The molecular formula is C49H92O6. The predicted octanol–water partition coefficient (Wildman–Crippen LogP) is 15.4. The van der Waals surface area contributed by atoms with Gasteiger partial charge in [-0.25, -0.2) is 0 Å². The van der Waals surface area contributed by atoms with E-state index in [2.05, 4.69) is 32.9 Å². The Morgan fingerprint density at radius 2 is 0.618 bits per heavy atom. The van der Waals surface area contributed by atoms with E-state index in [4.69, 9.17) is 14.2 Å². The summed E-state index contributed by atoms with van der Waals surface area (Å²) in [5, 5.41) is 0. The Morgan fingerprint density at radius 3 is 0.964 bits per heavy atom. The van der Waals surface area contributed by atoms with Crippen LogP contribution < -0.4 is 0 Å². The highest BCUT2D eigenvalue weighted by molar-refractivity contribution is 5.71. The Labute approximate surface area is 341 Å². The molecule has 0 aliphatic heterocycles. The molecule has 0 aromatic carbocycles. The van der Waals surface area contributed by atoms with Crippen LogP contribution in [-0.2, 0) is 28.6 Å². The molecule has 6 nitrogen and oxygen atoms in total. The Bertz CT molecular complexity index is 854. The smallest absolute Gasteiger partial charge is 0.306 e. The van der Waals surface area contributed by atoms with Crippen LogP contribution in [0.2, 0.25) is 0 Å². The first-order valence-electron chi connectivity index (χ1n) is 24.2. The quantitative estimate of drug-likeness (QED) is 0.0265. The van der Waals surface area contributed by atoms with Crippen molar-refractivity contribution in [3.05, 3.63) is 12.2 Å². The third kappa shape index (κ3) is 43.1. The first-order chi connectivity index (χ1) is 27.0. The maximum Gasteiger partial charge on any atom is 0.306 e. The fraction of sp³-hybridized carbons (Fsp3) is 0.898. The van der Waals surface area contributed by atoms with Crippen molar-refractivity contribution >= 4 is 17.9 Å². The van der Waals surface area contributed by atoms with Crippen molar-refractivity contribution in [2.75, 3.05) is 13.2 Å². The van der Waals surface area contributed by atoms with E-state index < -0.39 is 6.10 Å². The van der Waals surface area contributed by atoms with E-state index in [0.717, 1.165) is 64.2 Å². The minimum atomic E-state index is -0.765. The largest absolute Gasteiger partial charge is 0.462 e. The molecule has 0 bridgehead atoms. The first-order valence-corrected chi connectivity index (χ1v) is 24.2. The van der Waals surface area contributed by atoms with E-state index in [1.54, 1.807) is 0 Å². The molecule has 0 spiro atoms. The number of ether oxygens (including phenoxy) is 3. The minimum absolute atomic E-state index is 0.0687. The predicted molar refractivity (Wildman–Crippen MR) is 233 cm³/mol. The summed E-state index contributed by atoms with van der Waals surface area (Å²) in [5.74, 6) is -0.868. The van der Waals surface area contributed by atoms with Crippen LogP contribution in [0, 0.1) is 0 Å². The number of unbranched alkanes of at least 4 members (excludes halogenated alkanes) is 31. The maximum absolute atomic E-state index is 12.7. The molecule has 0 aliphatic rings. The first kappa shape index (κ1) is 53.1. The monoisotopic (exact) mass is 777 g/mol. The summed E-state index contributed by atoms with van der Waals surface area (Å²) in [6.45, 7) is 6.60. The van der Waals surface area contributed by atoms with Gasteiger partial charge in [0.05, 0.1) is 0 Å². The van der Waals surface area contributed by atoms with Gasteiger partial charge in [-0.2, -0.15) is 0 Å². The fourth-order valence-corrected chi connectivity index (χ4v) is 7.07. The van der Waals surface area contributed by atoms with Gasteiger partial charge in [-0.05, 0) is 38.5 Å². The molecule has 0 aromatic rings. The lowest BCUT2D eigenvalue weighted by Crippen LogP contribution is -2.30. The highest BCUT2D eigenvalue weighted by atomic mass is 16.6. The summed E-state index contributed by atoms with van der Waals surface area (Å²) in [6, 6.07) is 0. The third-order valence-corrected chi connectivity index (χ3v) is 10.8. The molecule has 0 radical (unpaired) electrons. The number of carbonyl (C=O) groups excluding carboxylic acids is 3. The Morgan fingerprint density at radius 1 is 0.345 bits per heavy atom. The Balaban J connectivity index is 4.29. The molecule has 324 valence electrons. The van der Waals surface area contributed by atoms with E-state index in [1.807, 2.05) is 0 Å². The molecule has 55 heavy (non-hydrogen) atoms. The number of carbonyl (C=O) groups is 3.